The van der Waals surface area contributed by atoms with Crippen molar-refractivity contribution in [2.24, 2.45) is 0 Å². The maximum Gasteiger partial charge on any atom is 0.262 e. The predicted molar refractivity (Wildman–Crippen MR) is 62.8 cm³/mol. The van der Waals surface area contributed by atoms with E-state index in [1.807, 2.05) is 0 Å². The molecule has 86 valence electrons. The maximum absolute atomic E-state index is 11.1. The number of anilines is 2. The van der Waals surface area contributed by atoms with Crippen LogP contribution in [0.3, 0.4) is 0 Å². The molecule has 0 atom stereocenters. The summed E-state index contributed by atoms with van der Waals surface area (Å²) in [6, 6.07) is 3.45. The van der Waals surface area contributed by atoms with Crippen molar-refractivity contribution in [1.82, 2.24) is 0 Å². The fraction of sp³-hybridized carbons (Fsp3) is 0.300. The standard InChI is InChI=1S/C10H12N2O3S/c11-6-3-8-7(12-10(14)5-15-8)4-9(6)16-2-1-13/h3-4,13H,1-2,5,11H2,(H,12,14). The van der Waals surface area contributed by atoms with Crippen LogP contribution in [-0.4, -0.2) is 30.0 Å². The molecule has 5 nitrogen and oxygen atoms in total. The Hall–Kier alpha value is -1.40. The van der Waals surface area contributed by atoms with Crippen molar-refractivity contribution in [1.29, 1.82) is 0 Å². The average molecular weight is 240 g/mol. The fourth-order valence-electron chi connectivity index (χ4n) is 1.40. The van der Waals surface area contributed by atoms with Crippen molar-refractivity contribution in [2.75, 3.05) is 30.0 Å². The first-order chi connectivity index (χ1) is 7.70. The molecule has 1 aliphatic rings. The zero-order valence-electron chi connectivity index (χ0n) is 8.53. The Balaban J connectivity index is 2.27. The molecule has 0 unspecified atom stereocenters. The van der Waals surface area contributed by atoms with Gasteiger partial charge in [0.25, 0.3) is 5.91 Å². The summed E-state index contributed by atoms with van der Waals surface area (Å²) in [5, 5.41) is 11.5. The molecule has 16 heavy (non-hydrogen) atoms. The van der Waals surface area contributed by atoms with E-state index < -0.39 is 0 Å². The third kappa shape index (κ3) is 2.23. The Morgan fingerprint density at radius 3 is 3.12 bits per heavy atom. The van der Waals surface area contributed by atoms with Gasteiger partial charge in [0.2, 0.25) is 0 Å². The molecule has 6 heteroatoms. The van der Waals surface area contributed by atoms with Crippen LogP contribution in [-0.2, 0) is 4.79 Å². The number of carbonyl (C=O) groups excluding carboxylic acids is 1. The number of carbonyl (C=O) groups is 1. The Morgan fingerprint density at radius 2 is 2.38 bits per heavy atom. The molecule has 0 aliphatic carbocycles. The highest BCUT2D eigenvalue weighted by Crippen LogP contribution is 2.36. The quantitative estimate of drug-likeness (QED) is 0.534. The van der Waals surface area contributed by atoms with Crippen LogP contribution in [0.5, 0.6) is 5.75 Å². The monoisotopic (exact) mass is 240 g/mol. The smallest absolute Gasteiger partial charge is 0.262 e. The summed E-state index contributed by atoms with van der Waals surface area (Å²) in [4.78, 5) is 12.0. The molecule has 0 aromatic heterocycles. The van der Waals surface area contributed by atoms with Crippen molar-refractivity contribution in [3.63, 3.8) is 0 Å². The van der Waals surface area contributed by atoms with Gasteiger partial charge in [-0.25, -0.2) is 0 Å². The largest absolute Gasteiger partial charge is 0.482 e. The molecular weight excluding hydrogens is 228 g/mol. The number of benzene rings is 1. The van der Waals surface area contributed by atoms with E-state index in [0.29, 0.717) is 22.9 Å². The first-order valence-corrected chi connectivity index (χ1v) is 5.79. The van der Waals surface area contributed by atoms with Gasteiger partial charge in [0, 0.05) is 22.4 Å². The highest BCUT2D eigenvalue weighted by atomic mass is 32.2. The molecule has 1 aliphatic heterocycles. The van der Waals surface area contributed by atoms with E-state index in [2.05, 4.69) is 5.32 Å². The molecule has 1 heterocycles. The fourth-order valence-corrected chi connectivity index (χ4v) is 2.14. The Labute approximate surface area is 97.0 Å². The number of aliphatic hydroxyl groups excluding tert-OH is 1. The Bertz CT molecular complexity index is 423. The van der Waals surface area contributed by atoms with Crippen LogP contribution in [0, 0.1) is 0 Å². The van der Waals surface area contributed by atoms with E-state index in [0.717, 1.165) is 4.90 Å². The van der Waals surface area contributed by atoms with Gasteiger partial charge in [0.15, 0.2) is 6.61 Å². The number of aliphatic hydroxyl groups is 1. The third-order valence-electron chi connectivity index (χ3n) is 2.09. The van der Waals surface area contributed by atoms with Crippen LogP contribution in [0.15, 0.2) is 17.0 Å². The van der Waals surface area contributed by atoms with Gasteiger partial charge in [-0.3, -0.25) is 4.79 Å². The van der Waals surface area contributed by atoms with E-state index in [1.54, 1.807) is 12.1 Å². The topological polar surface area (TPSA) is 84.6 Å². The van der Waals surface area contributed by atoms with E-state index >= 15 is 0 Å². The van der Waals surface area contributed by atoms with Crippen LogP contribution in [0.2, 0.25) is 0 Å². The summed E-state index contributed by atoms with van der Waals surface area (Å²) in [7, 11) is 0. The number of nitrogens with one attached hydrogen (secondary N) is 1. The molecule has 0 spiro atoms. The first-order valence-electron chi connectivity index (χ1n) is 4.80. The molecule has 1 amide bonds. The minimum Gasteiger partial charge on any atom is -0.482 e. The molecule has 1 aromatic carbocycles. The number of hydrogen-bond acceptors (Lipinski definition) is 5. The van der Waals surface area contributed by atoms with E-state index in [1.165, 1.54) is 11.8 Å². The highest BCUT2D eigenvalue weighted by molar-refractivity contribution is 7.99. The van der Waals surface area contributed by atoms with Crippen LogP contribution < -0.4 is 15.8 Å². The van der Waals surface area contributed by atoms with Gasteiger partial charge in [-0.1, -0.05) is 0 Å². The SMILES string of the molecule is Nc1cc2c(cc1SCCO)NC(=O)CO2. The van der Waals surface area contributed by atoms with Crippen molar-refractivity contribution in [2.45, 2.75) is 4.90 Å². The second kappa shape index (κ2) is 4.63. The van der Waals surface area contributed by atoms with Crippen molar-refractivity contribution < 1.29 is 14.6 Å². The number of amides is 1. The lowest BCUT2D eigenvalue weighted by Crippen LogP contribution is -2.25. The number of rotatable bonds is 3. The van der Waals surface area contributed by atoms with Crippen LogP contribution in [0.25, 0.3) is 0 Å². The molecule has 0 saturated carbocycles. The summed E-state index contributed by atoms with van der Waals surface area (Å²) >= 11 is 1.44. The van der Waals surface area contributed by atoms with Crippen molar-refractivity contribution >= 4 is 29.0 Å². The van der Waals surface area contributed by atoms with Crippen molar-refractivity contribution in [3.8, 4) is 5.75 Å². The third-order valence-corrected chi connectivity index (χ3v) is 3.14. The number of thioether (sulfide) groups is 1. The first kappa shape index (κ1) is 11.1. The molecule has 0 bridgehead atoms. The summed E-state index contributed by atoms with van der Waals surface area (Å²) in [5.74, 6) is 0.985. The normalized spacial score (nSPS) is 13.9. The van der Waals surface area contributed by atoms with Crippen LogP contribution in [0.1, 0.15) is 0 Å². The molecule has 1 aromatic rings. The van der Waals surface area contributed by atoms with Crippen molar-refractivity contribution in [3.05, 3.63) is 12.1 Å². The number of nitrogen functional groups attached to an aromatic ring is 1. The molecule has 0 saturated heterocycles. The minimum atomic E-state index is -0.171. The zero-order chi connectivity index (χ0) is 11.5. The van der Waals surface area contributed by atoms with Gasteiger partial charge in [-0.2, -0.15) is 0 Å². The lowest BCUT2D eigenvalue weighted by Gasteiger charge is -2.19. The van der Waals surface area contributed by atoms with E-state index in [4.69, 9.17) is 15.6 Å². The van der Waals surface area contributed by atoms with Crippen LogP contribution in [0.4, 0.5) is 11.4 Å². The van der Waals surface area contributed by atoms with Gasteiger partial charge in [0.1, 0.15) is 5.75 Å². The van der Waals surface area contributed by atoms with Crippen LogP contribution >= 0.6 is 11.8 Å². The van der Waals surface area contributed by atoms with Gasteiger partial charge >= 0.3 is 0 Å². The molecule has 4 N–H and O–H groups in total. The minimum absolute atomic E-state index is 0.0234. The predicted octanol–water partition coefficient (Wildman–Crippen LogP) is 0.684. The van der Waals surface area contributed by atoms with E-state index in [9.17, 15) is 4.79 Å². The maximum atomic E-state index is 11.1. The molecule has 2 rings (SSSR count). The molecule has 0 fully saturated rings. The Morgan fingerprint density at radius 1 is 1.56 bits per heavy atom. The van der Waals surface area contributed by atoms with Gasteiger partial charge in [0.05, 0.1) is 12.3 Å². The summed E-state index contributed by atoms with van der Waals surface area (Å²) in [5.41, 5.74) is 7.05. The second-order valence-electron chi connectivity index (χ2n) is 3.30. The van der Waals surface area contributed by atoms with E-state index in [-0.39, 0.29) is 19.1 Å². The number of ether oxygens (including phenoxy) is 1. The molecule has 0 radical (unpaired) electrons. The zero-order valence-corrected chi connectivity index (χ0v) is 9.34. The summed E-state index contributed by atoms with van der Waals surface area (Å²) < 4.78 is 5.23. The lowest BCUT2D eigenvalue weighted by atomic mass is 10.2. The van der Waals surface area contributed by atoms with Gasteiger partial charge in [-0.05, 0) is 6.07 Å². The Kier molecular flexibility index (Phi) is 3.21. The lowest BCUT2D eigenvalue weighted by molar-refractivity contribution is -0.118. The highest BCUT2D eigenvalue weighted by Gasteiger charge is 2.17. The number of hydrogen-bond donors (Lipinski definition) is 3. The van der Waals surface area contributed by atoms with Gasteiger partial charge in [-0.15, -0.1) is 11.8 Å². The van der Waals surface area contributed by atoms with Gasteiger partial charge < -0.3 is 20.9 Å². The molecular formula is C10H12N2O3S. The average Bonchev–Trinajstić information content (AvgIpc) is 2.27. The second-order valence-corrected chi connectivity index (χ2v) is 4.43. The number of nitrogens with two attached hydrogens (primary N) is 1. The summed E-state index contributed by atoms with van der Waals surface area (Å²) in [6.07, 6.45) is 0. The number of fused-ring (bicyclic) bond motifs is 1. The summed E-state index contributed by atoms with van der Waals surface area (Å²) in [6.45, 7) is 0.111.